The topological polar surface area (TPSA) is 49.3 Å². The molecule has 0 aliphatic rings. The van der Waals surface area contributed by atoms with E-state index in [1.54, 1.807) is 0 Å². The van der Waals surface area contributed by atoms with Crippen LogP contribution in [0.4, 0.5) is 0 Å². The molecule has 0 amide bonds. The second kappa shape index (κ2) is 7.82. The molecule has 4 heteroatoms. The number of hydrogen-bond donors (Lipinski definition) is 2. The Morgan fingerprint density at radius 3 is 2.55 bits per heavy atom. The maximum atomic E-state index is 10.0. The monoisotopic (exact) mass is 181 g/mol. The molecule has 0 saturated carbocycles. The van der Waals surface area contributed by atoms with Gasteiger partial charge in [0.1, 0.15) is 0 Å². The minimum Gasteiger partial charge on any atom is -0.481 e. The molecule has 0 fully saturated rings. The lowest BCUT2D eigenvalue weighted by atomic mass is 10.2. The van der Waals surface area contributed by atoms with Gasteiger partial charge in [-0.1, -0.05) is 6.92 Å². The highest BCUT2D eigenvalue weighted by atomic mass is 35.5. The first-order valence-electron chi connectivity index (χ1n) is 3.62. The summed E-state index contributed by atoms with van der Waals surface area (Å²) < 4.78 is 0. The maximum absolute atomic E-state index is 10.0. The SMILES string of the molecule is CCC(C)NCCC(=O)O.Cl. The van der Waals surface area contributed by atoms with Crippen molar-refractivity contribution in [3.05, 3.63) is 0 Å². The third kappa shape index (κ3) is 9.72. The van der Waals surface area contributed by atoms with Gasteiger partial charge in [0, 0.05) is 12.6 Å². The highest BCUT2D eigenvalue weighted by Gasteiger charge is 1.98. The molecule has 2 N–H and O–H groups in total. The van der Waals surface area contributed by atoms with Crippen LogP contribution in [0.2, 0.25) is 0 Å². The van der Waals surface area contributed by atoms with Gasteiger partial charge in [0.05, 0.1) is 6.42 Å². The third-order valence-electron chi connectivity index (χ3n) is 1.44. The van der Waals surface area contributed by atoms with E-state index >= 15 is 0 Å². The molecule has 0 aromatic rings. The first-order valence-corrected chi connectivity index (χ1v) is 3.62. The second-order valence-corrected chi connectivity index (χ2v) is 2.41. The van der Waals surface area contributed by atoms with Gasteiger partial charge < -0.3 is 10.4 Å². The number of carboxylic acid groups (broad SMARTS) is 1. The van der Waals surface area contributed by atoms with Crippen LogP contribution in [0.15, 0.2) is 0 Å². The zero-order chi connectivity index (χ0) is 7.98. The molecule has 1 unspecified atom stereocenters. The zero-order valence-electron chi connectivity index (χ0n) is 6.96. The van der Waals surface area contributed by atoms with E-state index in [1.165, 1.54) is 0 Å². The molecule has 3 nitrogen and oxygen atoms in total. The van der Waals surface area contributed by atoms with E-state index in [9.17, 15) is 4.79 Å². The molecule has 0 aliphatic heterocycles. The molecule has 0 bridgehead atoms. The van der Waals surface area contributed by atoms with Crippen LogP contribution in [-0.4, -0.2) is 23.7 Å². The highest BCUT2D eigenvalue weighted by Crippen LogP contribution is 1.87. The van der Waals surface area contributed by atoms with Crippen molar-refractivity contribution in [2.75, 3.05) is 6.54 Å². The van der Waals surface area contributed by atoms with Crippen molar-refractivity contribution in [3.8, 4) is 0 Å². The molecule has 0 rings (SSSR count). The lowest BCUT2D eigenvalue weighted by molar-refractivity contribution is -0.136. The van der Waals surface area contributed by atoms with Crippen LogP contribution in [-0.2, 0) is 4.79 Å². The van der Waals surface area contributed by atoms with E-state index in [0.29, 0.717) is 12.6 Å². The average molecular weight is 182 g/mol. The van der Waals surface area contributed by atoms with Crippen LogP contribution >= 0.6 is 12.4 Å². The summed E-state index contributed by atoms with van der Waals surface area (Å²) >= 11 is 0. The Balaban J connectivity index is 0. The number of aliphatic carboxylic acids is 1. The molecule has 0 aliphatic carbocycles. The number of hydrogen-bond acceptors (Lipinski definition) is 2. The quantitative estimate of drug-likeness (QED) is 0.672. The Bertz CT molecular complexity index is 109. The highest BCUT2D eigenvalue weighted by molar-refractivity contribution is 5.85. The Hall–Kier alpha value is -0.280. The lowest BCUT2D eigenvalue weighted by Gasteiger charge is -2.08. The number of carboxylic acids is 1. The van der Waals surface area contributed by atoms with Gasteiger partial charge in [0.2, 0.25) is 0 Å². The predicted octanol–water partition coefficient (Wildman–Crippen LogP) is 1.27. The van der Waals surface area contributed by atoms with Crippen LogP contribution in [0.5, 0.6) is 0 Å². The Kier molecular flexibility index (Phi) is 9.47. The minimum absolute atomic E-state index is 0. The molecule has 0 heterocycles. The minimum atomic E-state index is -0.740. The first kappa shape index (κ1) is 13.3. The summed E-state index contributed by atoms with van der Waals surface area (Å²) in [4.78, 5) is 10.0. The van der Waals surface area contributed by atoms with Gasteiger partial charge in [-0.25, -0.2) is 0 Å². The van der Waals surface area contributed by atoms with Crippen molar-refractivity contribution in [1.29, 1.82) is 0 Å². The van der Waals surface area contributed by atoms with E-state index in [1.807, 2.05) is 6.92 Å². The van der Waals surface area contributed by atoms with Crippen molar-refractivity contribution in [2.45, 2.75) is 32.7 Å². The van der Waals surface area contributed by atoms with E-state index in [2.05, 4.69) is 12.2 Å². The van der Waals surface area contributed by atoms with Gasteiger partial charge in [0.25, 0.3) is 0 Å². The fourth-order valence-corrected chi connectivity index (χ4v) is 0.570. The Labute approximate surface area is 73.6 Å². The fourth-order valence-electron chi connectivity index (χ4n) is 0.570. The van der Waals surface area contributed by atoms with E-state index < -0.39 is 5.97 Å². The molecule has 68 valence electrons. The molecular formula is C7H16ClNO2. The first-order chi connectivity index (χ1) is 4.66. The molecule has 0 aromatic carbocycles. The lowest BCUT2D eigenvalue weighted by Crippen LogP contribution is -2.27. The largest absolute Gasteiger partial charge is 0.481 e. The standard InChI is InChI=1S/C7H15NO2.ClH/c1-3-6(2)8-5-4-7(9)10;/h6,8H,3-5H2,1-2H3,(H,9,10);1H. The van der Waals surface area contributed by atoms with Gasteiger partial charge in [-0.05, 0) is 13.3 Å². The number of carbonyl (C=O) groups is 1. The van der Waals surface area contributed by atoms with Gasteiger partial charge in [-0.15, -0.1) is 12.4 Å². The normalized spacial score (nSPS) is 11.8. The second-order valence-electron chi connectivity index (χ2n) is 2.41. The summed E-state index contributed by atoms with van der Waals surface area (Å²) in [6, 6.07) is 0.430. The summed E-state index contributed by atoms with van der Waals surface area (Å²) in [5.74, 6) is -0.740. The molecule has 11 heavy (non-hydrogen) atoms. The number of rotatable bonds is 5. The van der Waals surface area contributed by atoms with Crippen LogP contribution < -0.4 is 5.32 Å². The molecule has 0 radical (unpaired) electrons. The summed E-state index contributed by atoms with van der Waals surface area (Å²) in [6.07, 6.45) is 1.25. The number of halogens is 1. The Morgan fingerprint density at radius 1 is 1.64 bits per heavy atom. The van der Waals surface area contributed by atoms with E-state index in [0.717, 1.165) is 6.42 Å². The van der Waals surface area contributed by atoms with E-state index in [-0.39, 0.29) is 18.8 Å². The molecular weight excluding hydrogens is 166 g/mol. The van der Waals surface area contributed by atoms with Crippen molar-refractivity contribution in [3.63, 3.8) is 0 Å². The Morgan fingerprint density at radius 2 is 2.18 bits per heavy atom. The third-order valence-corrected chi connectivity index (χ3v) is 1.44. The van der Waals surface area contributed by atoms with Crippen molar-refractivity contribution >= 4 is 18.4 Å². The van der Waals surface area contributed by atoms with Crippen LogP contribution in [0.3, 0.4) is 0 Å². The van der Waals surface area contributed by atoms with Crippen molar-refractivity contribution < 1.29 is 9.90 Å². The predicted molar refractivity (Wildman–Crippen MR) is 47.3 cm³/mol. The van der Waals surface area contributed by atoms with Gasteiger partial charge in [-0.2, -0.15) is 0 Å². The molecule has 0 aromatic heterocycles. The zero-order valence-corrected chi connectivity index (χ0v) is 7.78. The van der Waals surface area contributed by atoms with E-state index in [4.69, 9.17) is 5.11 Å². The smallest absolute Gasteiger partial charge is 0.304 e. The summed E-state index contributed by atoms with van der Waals surface area (Å²) in [7, 11) is 0. The van der Waals surface area contributed by atoms with Gasteiger partial charge in [-0.3, -0.25) is 4.79 Å². The fraction of sp³-hybridized carbons (Fsp3) is 0.857. The van der Waals surface area contributed by atoms with Crippen LogP contribution in [0.1, 0.15) is 26.7 Å². The van der Waals surface area contributed by atoms with Gasteiger partial charge >= 0.3 is 5.97 Å². The molecule has 1 atom stereocenters. The van der Waals surface area contributed by atoms with Crippen LogP contribution in [0, 0.1) is 0 Å². The van der Waals surface area contributed by atoms with Crippen molar-refractivity contribution in [2.24, 2.45) is 0 Å². The van der Waals surface area contributed by atoms with Crippen LogP contribution in [0.25, 0.3) is 0 Å². The molecule has 0 spiro atoms. The summed E-state index contributed by atoms with van der Waals surface area (Å²) in [5, 5.41) is 11.3. The number of nitrogens with one attached hydrogen (secondary N) is 1. The van der Waals surface area contributed by atoms with Crippen molar-refractivity contribution in [1.82, 2.24) is 5.32 Å². The summed E-state index contributed by atoms with van der Waals surface area (Å²) in [5.41, 5.74) is 0. The molecule has 0 saturated heterocycles. The average Bonchev–Trinajstić information content (AvgIpc) is 1.87. The maximum Gasteiger partial charge on any atom is 0.304 e. The van der Waals surface area contributed by atoms with Gasteiger partial charge in [0.15, 0.2) is 0 Å². The summed E-state index contributed by atoms with van der Waals surface area (Å²) in [6.45, 7) is 4.69.